The molecule has 0 bridgehead atoms. The molecule has 0 saturated carbocycles. The van der Waals surface area contributed by atoms with Crippen LogP contribution < -0.4 is 0 Å². The Balaban J connectivity index is 1.39. The molecule has 4 aromatic rings. The lowest BCUT2D eigenvalue weighted by Gasteiger charge is -2.27. The lowest BCUT2D eigenvalue weighted by molar-refractivity contribution is 0.0708. The van der Waals surface area contributed by atoms with E-state index in [4.69, 9.17) is 23.2 Å². The molecule has 0 radical (unpaired) electrons. The first kappa shape index (κ1) is 20.1. The van der Waals surface area contributed by atoms with Crippen molar-refractivity contribution in [2.24, 2.45) is 0 Å². The Bertz CT molecular complexity index is 1290. The zero-order valence-electron chi connectivity index (χ0n) is 15.9. The summed E-state index contributed by atoms with van der Waals surface area (Å²) in [5.74, 6) is 0.778. The van der Waals surface area contributed by atoms with Crippen molar-refractivity contribution in [2.45, 2.75) is 13.1 Å². The summed E-state index contributed by atoms with van der Waals surface area (Å²) in [5.41, 5.74) is 1.89. The zero-order chi connectivity index (χ0) is 21.5. The van der Waals surface area contributed by atoms with E-state index in [1.807, 2.05) is 22.1 Å². The Morgan fingerprint density at radius 1 is 1.06 bits per heavy atom. The van der Waals surface area contributed by atoms with Crippen molar-refractivity contribution in [3.05, 3.63) is 75.1 Å². The fraction of sp³-hybridized carbons (Fsp3) is 0.143. The Labute approximate surface area is 190 Å². The lowest BCUT2D eigenvalue weighted by atomic mass is 10.2. The van der Waals surface area contributed by atoms with E-state index in [9.17, 15) is 9.18 Å². The highest BCUT2D eigenvalue weighted by Crippen LogP contribution is 2.36. The van der Waals surface area contributed by atoms with Gasteiger partial charge in [-0.25, -0.2) is 9.37 Å². The Morgan fingerprint density at radius 3 is 2.68 bits per heavy atom. The van der Waals surface area contributed by atoms with E-state index < -0.39 is 0 Å². The molecule has 156 valence electrons. The molecule has 0 unspecified atom stereocenters. The molecule has 1 aliphatic rings. The predicted octanol–water partition coefficient (Wildman–Crippen LogP) is 5.17. The molecule has 31 heavy (non-hydrogen) atoms. The van der Waals surface area contributed by atoms with Gasteiger partial charge in [-0.3, -0.25) is 4.79 Å². The second-order valence-electron chi connectivity index (χ2n) is 6.96. The quantitative estimate of drug-likeness (QED) is 0.411. The highest BCUT2D eigenvalue weighted by molar-refractivity contribution is 7.13. The first-order chi connectivity index (χ1) is 15.0. The molecule has 0 fully saturated rings. The van der Waals surface area contributed by atoms with E-state index in [1.165, 1.54) is 35.6 Å². The zero-order valence-corrected chi connectivity index (χ0v) is 18.3. The fourth-order valence-electron chi connectivity index (χ4n) is 3.46. The van der Waals surface area contributed by atoms with Gasteiger partial charge < -0.3 is 9.47 Å². The smallest absolute Gasteiger partial charge is 0.254 e. The summed E-state index contributed by atoms with van der Waals surface area (Å²) < 4.78 is 15.1. The number of benzene rings is 2. The van der Waals surface area contributed by atoms with E-state index in [-0.39, 0.29) is 11.7 Å². The standard InChI is InChI=1S/C21H14Cl2FN5OS/c22-15-3-1-2-14(18(15)23)20-25-16(11-31-20)19-27-26-17-10-28(8-9-29(17)19)21(30)12-4-6-13(24)7-5-12/h1-7,11H,8-10H2. The number of halogens is 3. The molecule has 1 amide bonds. The van der Waals surface area contributed by atoms with Gasteiger partial charge >= 0.3 is 0 Å². The maximum Gasteiger partial charge on any atom is 0.254 e. The average Bonchev–Trinajstić information content (AvgIpc) is 3.42. The largest absolute Gasteiger partial charge is 0.329 e. The van der Waals surface area contributed by atoms with Gasteiger partial charge in [-0.05, 0) is 30.3 Å². The lowest BCUT2D eigenvalue weighted by Crippen LogP contribution is -2.38. The first-order valence-corrected chi connectivity index (χ1v) is 11.0. The third-order valence-electron chi connectivity index (χ3n) is 5.05. The minimum absolute atomic E-state index is 0.164. The molecule has 0 aliphatic carbocycles. The number of aromatic nitrogens is 4. The van der Waals surface area contributed by atoms with E-state index in [0.29, 0.717) is 52.6 Å². The Morgan fingerprint density at radius 2 is 1.87 bits per heavy atom. The SMILES string of the molecule is O=C(c1ccc(F)cc1)N1CCn2c(nnc2-c2csc(-c3cccc(Cl)c3Cl)n2)C1. The first-order valence-electron chi connectivity index (χ1n) is 9.38. The van der Waals surface area contributed by atoms with Crippen LogP contribution in [0.1, 0.15) is 16.2 Å². The fourth-order valence-corrected chi connectivity index (χ4v) is 4.74. The third kappa shape index (κ3) is 3.71. The normalized spacial score (nSPS) is 13.3. The molecule has 10 heteroatoms. The summed E-state index contributed by atoms with van der Waals surface area (Å²) in [7, 11) is 0. The highest BCUT2D eigenvalue weighted by Gasteiger charge is 2.26. The average molecular weight is 474 g/mol. The van der Waals surface area contributed by atoms with Gasteiger partial charge in [0.05, 0.1) is 16.6 Å². The molecule has 0 saturated heterocycles. The van der Waals surface area contributed by atoms with Gasteiger partial charge in [0, 0.05) is 29.6 Å². The van der Waals surface area contributed by atoms with Gasteiger partial charge in [0.15, 0.2) is 11.6 Å². The number of carbonyl (C=O) groups excluding carboxylic acids is 1. The van der Waals surface area contributed by atoms with Gasteiger partial charge in [0.25, 0.3) is 5.91 Å². The van der Waals surface area contributed by atoms with E-state index >= 15 is 0 Å². The number of fused-ring (bicyclic) bond motifs is 1. The summed E-state index contributed by atoms with van der Waals surface area (Å²) in [6.45, 7) is 1.35. The second-order valence-corrected chi connectivity index (χ2v) is 8.61. The Kier molecular flexibility index (Phi) is 5.21. The molecular formula is C21H14Cl2FN5OS. The van der Waals surface area contributed by atoms with Crippen LogP contribution in [0.4, 0.5) is 4.39 Å². The number of carbonyl (C=O) groups is 1. The maximum atomic E-state index is 13.1. The third-order valence-corrected chi connectivity index (χ3v) is 6.74. The molecule has 2 aromatic carbocycles. The number of hydrogen-bond donors (Lipinski definition) is 0. The van der Waals surface area contributed by atoms with E-state index in [0.717, 1.165) is 10.6 Å². The molecular weight excluding hydrogens is 460 g/mol. The highest BCUT2D eigenvalue weighted by atomic mass is 35.5. The topological polar surface area (TPSA) is 63.9 Å². The van der Waals surface area contributed by atoms with Crippen molar-refractivity contribution in [3.63, 3.8) is 0 Å². The summed E-state index contributed by atoms with van der Waals surface area (Å²) >= 11 is 13.9. The molecule has 2 aromatic heterocycles. The predicted molar refractivity (Wildman–Crippen MR) is 118 cm³/mol. The van der Waals surface area contributed by atoms with Crippen LogP contribution in [0.5, 0.6) is 0 Å². The van der Waals surface area contributed by atoms with Crippen LogP contribution in [-0.4, -0.2) is 37.1 Å². The molecule has 0 N–H and O–H groups in total. The molecule has 6 nitrogen and oxygen atoms in total. The van der Waals surface area contributed by atoms with Gasteiger partial charge in [-0.2, -0.15) is 0 Å². The van der Waals surface area contributed by atoms with Crippen molar-refractivity contribution < 1.29 is 9.18 Å². The van der Waals surface area contributed by atoms with Crippen LogP contribution in [0.3, 0.4) is 0 Å². The van der Waals surface area contributed by atoms with Crippen molar-refractivity contribution in [1.29, 1.82) is 0 Å². The van der Waals surface area contributed by atoms with Crippen LogP contribution in [0.25, 0.3) is 22.1 Å². The van der Waals surface area contributed by atoms with Gasteiger partial charge in [0.2, 0.25) is 0 Å². The number of rotatable bonds is 3. The maximum absolute atomic E-state index is 13.1. The Hall–Kier alpha value is -2.81. The van der Waals surface area contributed by atoms with Crippen LogP contribution in [0, 0.1) is 5.82 Å². The minimum Gasteiger partial charge on any atom is -0.329 e. The minimum atomic E-state index is -0.374. The van der Waals surface area contributed by atoms with Crippen molar-refractivity contribution in [2.75, 3.05) is 6.54 Å². The van der Waals surface area contributed by atoms with E-state index in [2.05, 4.69) is 15.2 Å². The van der Waals surface area contributed by atoms with Gasteiger partial charge in [0.1, 0.15) is 16.5 Å². The summed E-state index contributed by atoms with van der Waals surface area (Å²) in [6, 6.07) is 11.0. The van der Waals surface area contributed by atoms with Crippen LogP contribution >= 0.6 is 34.5 Å². The van der Waals surface area contributed by atoms with Crippen molar-refractivity contribution in [1.82, 2.24) is 24.6 Å². The summed E-state index contributed by atoms with van der Waals surface area (Å²) in [4.78, 5) is 19.1. The van der Waals surface area contributed by atoms with Crippen molar-refractivity contribution >= 4 is 40.4 Å². The molecule has 0 spiro atoms. The molecule has 1 aliphatic heterocycles. The summed E-state index contributed by atoms with van der Waals surface area (Å²) in [6.07, 6.45) is 0. The monoisotopic (exact) mass is 473 g/mol. The van der Waals surface area contributed by atoms with E-state index in [1.54, 1.807) is 11.0 Å². The summed E-state index contributed by atoms with van der Waals surface area (Å²) in [5, 5.41) is 12.1. The van der Waals surface area contributed by atoms with Gasteiger partial charge in [-0.1, -0.05) is 35.3 Å². The van der Waals surface area contributed by atoms with Crippen molar-refractivity contribution in [3.8, 4) is 22.1 Å². The van der Waals surface area contributed by atoms with Crippen LogP contribution in [0.15, 0.2) is 47.8 Å². The van der Waals surface area contributed by atoms with Crippen LogP contribution in [0.2, 0.25) is 10.0 Å². The molecule has 0 atom stereocenters. The number of nitrogens with zero attached hydrogens (tertiary/aromatic N) is 5. The van der Waals surface area contributed by atoms with Crippen LogP contribution in [-0.2, 0) is 13.1 Å². The molecule has 5 rings (SSSR count). The number of amides is 1. The molecule has 3 heterocycles. The second kappa shape index (κ2) is 8.03. The number of hydrogen-bond acceptors (Lipinski definition) is 5. The number of thiazole rings is 1. The van der Waals surface area contributed by atoms with Gasteiger partial charge in [-0.15, -0.1) is 21.5 Å².